The Labute approximate surface area is 156 Å². The second-order valence-corrected chi connectivity index (χ2v) is 7.63. The van der Waals surface area contributed by atoms with Crippen LogP contribution in [0.3, 0.4) is 0 Å². The van der Waals surface area contributed by atoms with E-state index in [1.165, 1.54) is 6.42 Å². The molecule has 3 rings (SSSR count). The summed E-state index contributed by atoms with van der Waals surface area (Å²) in [6.45, 7) is 8.37. The summed E-state index contributed by atoms with van der Waals surface area (Å²) in [6.07, 6.45) is 4.14. The number of piperidine rings is 1. The van der Waals surface area contributed by atoms with E-state index in [9.17, 15) is 9.59 Å². The monoisotopic (exact) mass is 357 g/mol. The van der Waals surface area contributed by atoms with Crippen LogP contribution >= 0.6 is 0 Å². The van der Waals surface area contributed by atoms with E-state index in [1.807, 2.05) is 36.1 Å². The second-order valence-electron chi connectivity index (χ2n) is 7.63. The van der Waals surface area contributed by atoms with E-state index in [-0.39, 0.29) is 17.7 Å². The molecule has 2 saturated heterocycles. The highest BCUT2D eigenvalue weighted by molar-refractivity contribution is 5.94. The van der Waals surface area contributed by atoms with Crippen LogP contribution < -0.4 is 5.32 Å². The van der Waals surface area contributed by atoms with E-state index in [0.29, 0.717) is 18.2 Å². The first kappa shape index (κ1) is 18.9. The van der Waals surface area contributed by atoms with Gasteiger partial charge in [0.15, 0.2) is 0 Å². The number of nitrogens with one attached hydrogen (secondary N) is 1. The Morgan fingerprint density at radius 1 is 1.12 bits per heavy atom. The van der Waals surface area contributed by atoms with Crippen molar-refractivity contribution in [3.8, 4) is 0 Å². The maximum Gasteiger partial charge on any atom is 0.253 e. The maximum atomic E-state index is 12.7. The molecule has 2 heterocycles. The molecule has 2 amide bonds. The molecule has 2 aliphatic heterocycles. The number of carbonyl (C=O) groups excluding carboxylic acids is 2. The summed E-state index contributed by atoms with van der Waals surface area (Å²) in [5.41, 5.74) is 1.85. The van der Waals surface area contributed by atoms with Gasteiger partial charge >= 0.3 is 0 Å². The molecule has 142 valence electrons. The van der Waals surface area contributed by atoms with Gasteiger partial charge < -0.3 is 10.2 Å². The van der Waals surface area contributed by atoms with Gasteiger partial charge in [-0.3, -0.25) is 14.5 Å². The quantitative estimate of drug-likeness (QED) is 0.881. The van der Waals surface area contributed by atoms with Gasteiger partial charge in [0.2, 0.25) is 5.91 Å². The summed E-state index contributed by atoms with van der Waals surface area (Å²) in [6, 6.07) is 8.14. The van der Waals surface area contributed by atoms with Crippen LogP contribution in [0.4, 0.5) is 0 Å². The average molecular weight is 357 g/mol. The van der Waals surface area contributed by atoms with Crippen LogP contribution in [0.2, 0.25) is 0 Å². The van der Waals surface area contributed by atoms with Crippen molar-refractivity contribution in [3.63, 3.8) is 0 Å². The number of hydrogen-bond donors (Lipinski definition) is 1. The van der Waals surface area contributed by atoms with Gasteiger partial charge in [0.05, 0.1) is 5.92 Å². The third kappa shape index (κ3) is 4.44. The Morgan fingerprint density at radius 3 is 2.58 bits per heavy atom. The molecule has 1 N–H and O–H groups in total. The lowest BCUT2D eigenvalue weighted by Crippen LogP contribution is -2.47. The SMILES string of the molecule is CCN1CCC[C@@H]1CNC(=O)[C@H]1CCCN(C(=O)c2ccc(C)cc2)C1. The average Bonchev–Trinajstić information content (AvgIpc) is 3.14. The Kier molecular flexibility index (Phi) is 6.30. The summed E-state index contributed by atoms with van der Waals surface area (Å²) in [7, 11) is 0. The highest BCUT2D eigenvalue weighted by Gasteiger charge is 2.30. The van der Waals surface area contributed by atoms with Gasteiger partial charge in [0, 0.05) is 31.2 Å². The highest BCUT2D eigenvalue weighted by Crippen LogP contribution is 2.20. The fourth-order valence-electron chi connectivity index (χ4n) is 4.16. The lowest BCUT2D eigenvalue weighted by Gasteiger charge is -2.32. The number of rotatable bonds is 5. The van der Waals surface area contributed by atoms with Crippen LogP contribution in [-0.4, -0.2) is 60.4 Å². The standard InChI is InChI=1S/C21H31N3O2/c1-3-23-12-5-7-19(23)14-22-20(25)18-6-4-13-24(15-18)21(26)17-10-8-16(2)9-11-17/h8-11,18-19H,3-7,12-15H2,1-2H3,(H,22,25)/t18-,19+/m0/s1. The molecule has 26 heavy (non-hydrogen) atoms. The summed E-state index contributed by atoms with van der Waals surface area (Å²) in [5, 5.41) is 3.15. The largest absolute Gasteiger partial charge is 0.354 e. The van der Waals surface area contributed by atoms with E-state index >= 15 is 0 Å². The lowest BCUT2D eigenvalue weighted by atomic mass is 9.96. The predicted octanol–water partition coefficient (Wildman–Crippen LogP) is 2.45. The lowest BCUT2D eigenvalue weighted by molar-refractivity contribution is -0.126. The van der Waals surface area contributed by atoms with Crippen LogP contribution in [0.15, 0.2) is 24.3 Å². The number of carbonyl (C=O) groups is 2. The van der Waals surface area contributed by atoms with E-state index in [4.69, 9.17) is 0 Å². The van der Waals surface area contributed by atoms with Crippen LogP contribution in [0, 0.1) is 12.8 Å². The zero-order valence-corrected chi connectivity index (χ0v) is 16.0. The second kappa shape index (κ2) is 8.67. The molecule has 2 aliphatic rings. The number of amides is 2. The molecule has 0 unspecified atom stereocenters. The van der Waals surface area contributed by atoms with Crippen molar-refractivity contribution >= 4 is 11.8 Å². The van der Waals surface area contributed by atoms with Crippen LogP contribution in [-0.2, 0) is 4.79 Å². The van der Waals surface area contributed by atoms with Crippen molar-refractivity contribution < 1.29 is 9.59 Å². The summed E-state index contributed by atoms with van der Waals surface area (Å²) < 4.78 is 0. The molecular weight excluding hydrogens is 326 g/mol. The number of hydrogen-bond acceptors (Lipinski definition) is 3. The summed E-state index contributed by atoms with van der Waals surface area (Å²) >= 11 is 0. The molecule has 2 fully saturated rings. The topological polar surface area (TPSA) is 52.7 Å². The molecule has 0 spiro atoms. The molecule has 0 aromatic heterocycles. The van der Waals surface area contributed by atoms with Gasteiger partial charge in [-0.2, -0.15) is 0 Å². The third-order valence-electron chi connectivity index (χ3n) is 5.80. The van der Waals surface area contributed by atoms with Crippen LogP contribution in [0.25, 0.3) is 0 Å². The molecule has 5 nitrogen and oxygen atoms in total. The van der Waals surface area contributed by atoms with Crippen molar-refractivity contribution in [2.24, 2.45) is 5.92 Å². The molecule has 0 bridgehead atoms. The zero-order valence-electron chi connectivity index (χ0n) is 16.0. The number of aryl methyl sites for hydroxylation is 1. The van der Waals surface area contributed by atoms with E-state index < -0.39 is 0 Å². The molecule has 0 aliphatic carbocycles. The van der Waals surface area contributed by atoms with E-state index in [0.717, 1.165) is 51.0 Å². The van der Waals surface area contributed by atoms with Gasteiger partial charge in [-0.25, -0.2) is 0 Å². The molecule has 5 heteroatoms. The van der Waals surface area contributed by atoms with Gasteiger partial charge in [0.25, 0.3) is 5.91 Å². The van der Waals surface area contributed by atoms with Gasteiger partial charge in [-0.1, -0.05) is 24.6 Å². The fourth-order valence-corrected chi connectivity index (χ4v) is 4.16. The van der Waals surface area contributed by atoms with E-state index in [2.05, 4.69) is 17.1 Å². The minimum Gasteiger partial charge on any atom is -0.354 e. The highest BCUT2D eigenvalue weighted by atomic mass is 16.2. The Morgan fingerprint density at radius 2 is 1.85 bits per heavy atom. The third-order valence-corrected chi connectivity index (χ3v) is 5.80. The first-order valence-electron chi connectivity index (χ1n) is 9.96. The van der Waals surface area contributed by atoms with Gasteiger partial charge in [0.1, 0.15) is 0 Å². The number of likely N-dealkylation sites (tertiary alicyclic amines) is 2. The molecule has 0 saturated carbocycles. The normalized spacial score (nSPS) is 23.8. The van der Waals surface area contributed by atoms with Crippen molar-refractivity contribution in [3.05, 3.63) is 35.4 Å². The van der Waals surface area contributed by atoms with Gasteiger partial charge in [-0.15, -0.1) is 0 Å². The van der Waals surface area contributed by atoms with E-state index in [1.54, 1.807) is 0 Å². The first-order valence-corrected chi connectivity index (χ1v) is 9.96. The summed E-state index contributed by atoms with van der Waals surface area (Å²) in [5.74, 6) is 0.0550. The van der Waals surface area contributed by atoms with Gasteiger partial charge in [-0.05, 0) is 57.8 Å². The predicted molar refractivity (Wildman–Crippen MR) is 103 cm³/mol. The molecule has 2 atom stereocenters. The van der Waals surface area contributed by atoms with Crippen molar-refractivity contribution in [1.29, 1.82) is 0 Å². The van der Waals surface area contributed by atoms with Crippen LogP contribution in [0.5, 0.6) is 0 Å². The Balaban J connectivity index is 1.53. The Hall–Kier alpha value is -1.88. The van der Waals surface area contributed by atoms with Crippen molar-refractivity contribution in [2.75, 3.05) is 32.7 Å². The van der Waals surface area contributed by atoms with Crippen LogP contribution in [0.1, 0.15) is 48.5 Å². The van der Waals surface area contributed by atoms with Crippen molar-refractivity contribution in [2.45, 2.75) is 45.6 Å². The molecule has 1 aromatic rings. The molecule has 1 aromatic carbocycles. The first-order chi connectivity index (χ1) is 12.6. The number of likely N-dealkylation sites (N-methyl/N-ethyl adjacent to an activating group) is 1. The fraction of sp³-hybridized carbons (Fsp3) is 0.619. The minimum absolute atomic E-state index is 0.0375. The Bertz CT molecular complexity index is 629. The molecule has 0 radical (unpaired) electrons. The number of benzene rings is 1. The summed E-state index contributed by atoms with van der Waals surface area (Å²) in [4.78, 5) is 29.6. The van der Waals surface area contributed by atoms with Crippen molar-refractivity contribution in [1.82, 2.24) is 15.1 Å². The molecular formula is C21H31N3O2. The smallest absolute Gasteiger partial charge is 0.253 e. The minimum atomic E-state index is -0.0883. The number of nitrogens with zero attached hydrogens (tertiary/aromatic N) is 2. The zero-order chi connectivity index (χ0) is 18.5. The maximum absolute atomic E-state index is 12.7.